The summed E-state index contributed by atoms with van der Waals surface area (Å²) >= 11 is 0. The molecular weight excluding hydrogens is 246 g/mol. The normalized spacial score (nSPS) is 11.1. The van der Waals surface area contributed by atoms with Gasteiger partial charge in [0.25, 0.3) is 0 Å². The van der Waals surface area contributed by atoms with Gasteiger partial charge in [-0.3, -0.25) is 0 Å². The van der Waals surface area contributed by atoms with Gasteiger partial charge in [0, 0.05) is 19.1 Å². The molecule has 0 saturated heterocycles. The Balaban J connectivity index is 2.67. The van der Waals surface area contributed by atoms with E-state index in [0.717, 1.165) is 37.6 Å². The smallest absolute Gasteiger partial charge is 0.129 e. The number of hydrogen-bond donors (Lipinski definition) is 1. The van der Waals surface area contributed by atoms with E-state index in [1.165, 1.54) is 19.3 Å². The van der Waals surface area contributed by atoms with Crippen LogP contribution in [0.15, 0.2) is 18.2 Å². The zero-order chi connectivity index (χ0) is 14.8. The number of hydrogen-bond acceptors (Lipinski definition) is 3. The topological polar surface area (TPSA) is 28.2 Å². The number of nitrogens with zero attached hydrogens (tertiary/aromatic N) is 2. The molecular formula is C17H31N3. The molecule has 1 aromatic rings. The maximum absolute atomic E-state index is 4.81. The molecule has 0 radical (unpaired) electrons. The van der Waals surface area contributed by atoms with Crippen molar-refractivity contribution in [3.05, 3.63) is 23.9 Å². The first-order valence-corrected chi connectivity index (χ1v) is 8.12. The van der Waals surface area contributed by atoms with Crippen LogP contribution in [0.1, 0.15) is 59.1 Å². The molecule has 0 aliphatic heterocycles. The second kappa shape index (κ2) is 9.76. The molecule has 0 aromatic carbocycles. The van der Waals surface area contributed by atoms with Crippen molar-refractivity contribution in [1.82, 2.24) is 10.3 Å². The van der Waals surface area contributed by atoms with Gasteiger partial charge < -0.3 is 10.2 Å². The van der Waals surface area contributed by atoms with Gasteiger partial charge in [-0.2, -0.15) is 0 Å². The van der Waals surface area contributed by atoms with Crippen molar-refractivity contribution in [1.29, 1.82) is 0 Å². The third-order valence-electron chi connectivity index (χ3n) is 3.45. The average Bonchev–Trinajstić information content (AvgIpc) is 2.44. The highest BCUT2D eigenvalue weighted by atomic mass is 15.2. The lowest BCUT2D eigenvalue weighted by atomic mass is 10.2. The number of aromatic nitrogens is 1. The summed E-state index contributed by atoms with van der Waals surface area (Å²) in [4.78, 5) is 7.22. The number of nitrogens with one attached hydrogen (secondary N) is 1. The summed E-state index contributed by atoms with van der Waals surface area (Å²) in [5, 5.41) is 3.42. The maximum atomic E-state index is 4.81. The Hall–Kier alpha value is -1.09. The predicted molar refractivity (Wildman–Crippen MR) is 88.2 cm³/mol. The molecule has 0 saturated carbocycles. The molecule has 0 atom stereocenters. The summed E-state index contributed by atoms with van der Waals surface area (Å²) in [5.41, 5.74) is 1.14. The van der Waals surface area contributed by atoms with Gasteiger partial charge in [-0.25, -0.2) is 4.98 Å². The van der Waals surface area contributed by atoms with Crippen molar-refractivity contribution in [2.45, 2.75) is 66.0 Å². The number of pyridine rings is 1. The largest absolute Gasteiger partial charge is 0.354 e. The number of anilines is 1. The van der Waals surface area contributed by atoms with E-state index >= 15 is 0 Å². The predicted octanol–water partition coefficient (Wildman–Crippen LogP) is 3.99. The zero-order valence-electron chi connectivity index (χ0n) is 13.7. The monoisotopic (exact) mass is 277 g/mol. The lowest BCUT2D eigenvalue weighted by molar-refractivity contribution is 0.615. The van der Waals surface area contributed by atoms with Crippen LogP contribution in [0.5, 0.6) is 0 Å². The first-order valence-electron chi connectivity index (χ1n) is 8.12. The molecule has 3 heteroatoms. The minimum Gasteiger partial charge on any atom is -0.354 e. The number of rotatable bonds is 10. The summed E-state index contributed by atoms with van der Waals surface area (Å²) in [5.74, 6) is 1.12. The molecule has 0 bridgehead atoms. The van der Waals surface area contributed by atoms with Crippen molar-refractivity contribution < 1.29 is 0 Å². The third kappa shape index (κ3) is 5.91. The molecule has 3 nitrogen and oxygen atoms in total. The van der Waals surface area contributed by atoms with Gasteiger partial charge >= 0.3 is 0 Å². The van der Waals surface area contributed by atoms with E-state index in [2.05, 4.69) is 56.1 Å². The first-order chi connectivity index (χ1) is 9.69. The lowest BCUT2D eigenvalue weighted by Crippen LogP contribution is -2.32. The molecule has 0 fully saturated rings. The first kappa shape index (κ1) is 17.0. The van der Waals surface area contributed by atoms with Crippen LogP contribution in [0.25, 0.3) is 0 Å². The second-order valence-electron chi connectivity index (χ2n) is 5.66. The van der Waals surface area contributed by atoms with Gasteiger partial charge in [0.1, 0.15) is 5.82 Å². The molecule has 0 aliphatic carbocycles. The van der Waals surface area contributed by atoms with Gasteiger partial charge in [0.2, 0.25) is 0 Å². The van der Waals surface area contributed by atoms with Crippen molar-refractivity contribution in [3.63, 3.8) is 0 Å². The van der Waals surface area contributed by atoms with Gasteiger partial charge in [-0.05, 0) is 45.4 Å². The Kier molecular flexibility index (Phi) is 8.28. The molecule has 0 spiro atoms. The molecule has 1 aromatic heterocycles. The Labute approximate surface area is 124 Å². The van der Waals surface area contributed by atoms with Crippen LogP contribution in [0.4, 0.5) is 5.82 Å². The molecule has 20 heavy (non-hydrogen) atoms. The fourth-order valence-corrected chi connectivity index (χ4v) is 2.29. The minimum absolute atomic E-state index is 0.498. The van der Waals surface area contributed by atoms with Crippen LogP contribution in [0, 0.1) is 0 Å². The van der Waals surface area contributed by atoms with E-state index in [9.17, 15) is 0 Å². The summed E-state index contributed by atoms with van der Waals surface area (Å²) < 4.78 is 0. The lowest BCUT2D eigenvalue weighted by Gasteiger charge is -2.28. The maximum Gasteiger partial charge on any atom is 0.129 e. The van der Waals surface area contributed by atoms with Gasteiger partial charge in [-0.15, -0.1) is 0 Å². The van der Waals surface area contributed by atoms with E-state index in [-0.39, 0.29) is 0 Å². The van der Waals surface area contributed by atoms with Crippen molar-refractivity contribution in [2.24, 2.45) is 0 Å². The van der Waals surface area contributed by atoms with Crippen molar-refractivity contribution >= 4 is 5.82 Å². The molecule has 0 unspecified atom stereocenters. The summed E-state index contributed by atoms with van der Waals surface area (Å²) in [7, 11) is 0. The molecule has 0 amide bonds. The third-order valence-corrected chi connectivity index (χ3v) is 3.45. The summed E-state index contributed by atoms with van der Waals surface area (Å²) in [6, 6.07) is 6.87. The van der Waals surface area contributed by atoms with E-state index in [1.54, 1.807) is 0 Å². The van der Waals surface area contributed by atoms with E-state index in [4.69, 9.17) is 4.98 Å². The van der Waals surface area contributed by atoms with E-state index in [1.807, 2.05) is 0 Å². The molecule has 0 aliphatic rings. The fourth-order valence-electron chi connectivity index (χ4n) is 2.29. The Morgan fingerprint density at radius 1 is 1.15 bits per heavy atom. The summed E-state index contributed by atoms with van der Waals surface area (Å²) in [6.07, 6.45) is 4.96. The molecule has 1 rings (SSSR count). The quantitative estimate of drug-likeness (QED) is 0.656. The minimum atomic E-state index is 0.498. The van der Waals surface area contributed by atoms with Gasteiger partial charge in [0.05, 0.1) is 5.69 Å². The SMILES string of the molecule is CCCCCN(c1cccc(CNCCC)n1)C(C)C. The average molecular weight is 277 g/mol. The highest BCUT2D eigenvalue weighted by Crippen LogP contribution is 2.16. The Morgan fingerprint density at radius 2 is 1.95 bits per heavy atom. The van der Waals surface area contributed by atoms with Crippen LogP contribution in [-0.2, 0) is 6.54 Å². The van der Waals surface area contributed by atoms with Crippen LogP contribution in [0.2, 0.25) is 0 Å². The fraction of sp³-hybridized carbons (Fsp3) is 0.706. The van der Waals surface area contributed by atoms with Crippen LogP contribution in [0.3, 0.4) is 0 Å². The molecule has 1 N–H and O–H groups in total. The molecule has 114 valence electrons. The van der Waals surface area contributed by atoms with Crippen molar-refractivity contribution in [2.75, 3.05) is 18.0 Å². The number of unbranched alkanes of at least 4 members (excludes halogenated alkanes) is 2. The summed E-state index contributed by atoms with van der Waals surface area (Å²) in [6.45, 7) is 11.9. The van der Waals surface area contributed by atoms with Gasteiger partial charge in [0.15, 0.2) is 0 Å². The van der Waals surface area contributed by atoms with Crippen LogP contribution >= 0.6 is 0 Å². The molecule has 1 heterocycles. The zero-order valence-corrected chi connectivity index (χ0v) is 13.7. The van der Waals surface area contributed by atoms with Crippen molar-refractivity contribution in [3.8, 4) is 0 Å². The Bertz CT molecular complexity index is 363. The second-order valence-corrected chi connectivity index (χ2v) is 5.66. The van der Waals surface area contributed by atoms with Gasteiger partial charge in [-0.1, -0.05) is 32.8 Å². The van der Waals surface area contributed by atoms with E-state index < -0.39 is 0 Å². The highest BCUT2D eigenvalue weighted by molar-refractivity contribution is 5.40. The highest BCUT2D eigenvalue weighted by Gasteiger charge is 2.11. The van der Waals surface area contributed by atoms with E-state index in [0.29, 0.717) is 6.04 Å². The Morgan fingerprint density at radius 3 is 2.60 bits per heavy atom. The standard InChI is InChI=1S/C17H31N3/c1-5-7-8-13-20(15(3)4)17-11-9-10-16(19-17)14-18-12-6-2/h9-11,15,18H,5-8,12-14H2,1-4H3. The van der Waals surface area contributed by atoms with Crippen LogP contribution < -0.4 is 10.2 Å². The van der Waals surface area contributed by atoms with Crippen LogP contribution in [-0.4, -0.2) is 24.1 Å².